The van der Waals surface area contributed by atoms with Crippen molar-refractivity contribution in [1.82, 2.24) is 4.90 Å². The summed E-state index contributed by atoms with van der Waals surface area (Å²) in [5.74, 6) is 1.88. The fraction of sp³-hybridized carbons (Fsp3) is 0.524. The Kier molecular flexibility index (Phi) is 7.95. The van der Waals surface area contributed by atoms with Crippen molar-refractivity contribution in [1.29, 1.82) is 0 Å². The molecule has 0 saturated heterocycles. The number of hydrogen-bond donors (Lipinski definition) is 0. The lowest BCUT2D eigenvalue weighted by atomic mass is 9.90. The number of benzene rings is 1. The van der Waals surface area contributed by atoms with Crippen LogP contribution in [-0.2, 0) is 17.8 Å². The van der Waals surface area contributed by atoms with Crippen molar-refractivity contribution < 1.29 is 18.9 Å². The molecule has 0 saturated carbocycles. The molecule has 0 amide bonds. The molecule has 27 heavy (non-hydrogen) atoms. The first-order valence-corrected chi connectivity index (χ1v) is 9.94. The van der Waals surface area contributed by atoms with Gasteiger partial charge in [0.25, 0.3) is 0 Å². The van der Waals surface area contributed by atoms with Crippen LogP contribution < -0.4 is 14.2 Å². The van der Waals surface area contributed by atoms with E-state index in [2.05, 4.69) is 43.4 Å². The molecule has 0 aliphatic rings. The molecule has 0 fully saturated rings. The largest absolute Gasteiger partial charge is 0.493 e. The van der Waals surface area contributed by atoms with Crippen molar-refractivity contribution in [2.45, 2.75) is 31.9 Å². The summed E-state index contributed by atoms with van der Waals surface area (Å²) in [5, 5.41) is 2.13. The van der Waals surface area contributed by atoms with Gasteiger partial charge in [0.05, 0.1) is 34.5 Å². The summed E-state index contributed by atoms with van der Waals surface area (Å²) in [6.07, 6.45) is 1.98. The quantitative estimate of drug-likeness (QED) is 0.571. The summed E-state index contributed by atoms with van der Waals surface area (Å²) in [7, 11) is 9.10. The molecule has 0 spiro atoms. The van der Waals surface area contributed by atoms with Gasteiger partial charge in [-0.1, -0.05) is 13.0 Å². The first-order chi connectivity index (χ1) is 13.0. The summed E-state index contributed by atoms with van der Waals surface area (Å²) in [6, 6.07) is 8.17. The van der Waals surface area contributed by atoms with E-state index in [1.165, 1.54) is 4.88 Å². The first-order valence-electron chi connectivity index (χ1n) is 9.06. The molecular weight excluding hydrogens is 362 g/mol. The van der Waals surface area contributed by atoms with E-state index in [4.69, 9.17) is 18.9 Å². The number of hydrogen-bond acceptors (Lipinski definition) is 6. The fourth-order valence-corrected chi connectivity index (χ4v) is 4.04. The van der Waals surface area contributed by atoms with Crippen molar-refractivity contribution in [2.75, 3.05) is 42.0 Å². The van der Waals surface area contributed by atoms with Crippen molar-refractivity contribution in [3.05, 3.63) is 40.1 Å². The summed E-state index contributed by atoms with van der Waals surface area (Å²) < 4.78 is 22.4. The summed E-state index contributed by atoms with van der Waals surface area (Å²) >= 11 is 1.80. The first kappa shape index (κ1) is 21.5. The number of rotatable bonds is 11. The average Bonchev–Trinajstić information content (AvgIpc) is 3.18. The summed E-state index contributed by atoms with van der Waals surface area (Å²) in [4.78, 5) is 3.66. The third kappa shape index (κ3) is 5.15. The second-order valence-corrected chi connectivity index (χ2v) is 7.79. The molecule has 0 aliphatic heterocycles. The zero-order valence-electron chi connectivity index (χ0n) is 17.2. The minimum atomic E-state index is -0.0362. The highest BCUT2D eigenvalue weighted by molar-refractivity contribution is 7.09. The highest BCUT2D eigenvalue weighted by Gasteiger charge is 2.32. The van der Waals surface area contributed by atoms with Crippen LogP contribution in [0, 0.1) is 0 Å². The van der Waals surface area contributed by atoms with Gasteiger partial charge in [-0.3, -0.25) is 0 Å². The molecule has 2 aromatic rings. The third-order valence-electron chi connectivity index (χ3n) is 5.05. The minimum Gasteiger partial charge on any atom is -0.493 e. The van der Waals surface area contributed by atoms with Gasteiger partial charge in [0.2, 0.25) is 5.75 Å². The van der Waals surface area contributed by atoms with Gasteiger partial charge in [0.15, 0.2) is 11.5 Å². The van der Waals surface area contributed by atoms with E-state index in [0.717, 1.165) is 18.4 Å². The van der Waals surface area contributed by atoms with Gasteiger partial charge in [-0.25, -0.2) is 0 Å². The predicted molar refractivity (Wildman–Crippen MR) is 110 cm³/mol. The molecule has 1 heterocycles. The lowest BCUT2D eigenvalue weighted by molar-refractivity contribution is 0.00530. The van der Waals surface area contributed by atoms with Gasteiger partial charge in [-0.15, -0.1) is 11.3 Å². The number of nitrogens with zero attached hydrogens (tertiary/aromatic N) is 1. The van der Waals surface area contributed by atoms with Crippen LogP contribution in [-0.4, -0.2) is 52.5 Å². The normalized spacial score (nSPS) is 13.4. The average molecular weight is 394 g/mol. The van der Waals surface area contributed by atoms with E-state index in [1.807, 2.05) is 12.1 Å². The maximum atomic E-state index is 6.17. The lowest BCUT2D eigenvalue weighted by Gasteiger charge is -2.39. The monoisotopic (exact) mass is 393 g/mol. The maximum Gasteiger partial charge on any atom is 0.203 e. The zero-order chi connectivity index (χ0) is 19.9. The van der Waals surface area contributed by atoms with Crippen molar-refractivity contribution in [3.8, 4) is 17.2 Å². The lowest BCUT2D eigenvalue weighted by Crippen LogP contribution is -2.49. The number of methoxy groups -OCH3 is 3. The van der Waals surface area contributed by atoms with Crippen LogP contribution in [0.15, 0.2) is 29.6 Å². The van der Waals surface area contributed by atoms with E-state index in [0.29, 0.717) is 30.5 Å². The fourth-order valence-electron chi connectivity index (χ4n) is 3.20. The van der Waals surface area contributed by atoms with Crippen LogP contribution in [0.5, 0.6) is 17.2 Å². The van der Waals surface area contributed by atoms with Gasteiger partial charge in [-0.2, -0.15) is 0 Å². The van der Waals surface area contributed by atoms with Crippen LogP contribution in [0.1, 0.15) is 23.8 Å². The van der Waals surface area contributed by atoms with E-state index in [1.54, 1.807) is 32.7 Å². The molecule has 6 heteroatoms. The Morgan fingerprint density at radius 1 is 1.04 bits per heavy atom. The number of ether oxygens (including phenoxy) is 4. The molecule has 150 valence electrons. The molecule has 0 N–H and O–H groups in total. The van der Waals surface area contributed by atoms with Crippen LogP contribution >= 0.6 is 11.3 Å². The predicted octanol–water partition coefficient (Wildman–Crippen LogP) is 4.24. The molecular formula is C21H31NO4S. The molecule has 1 atom stereocenters. The Hall–Kier alpha value is -1.76. The molecule has 1 aromatic carbocycles. The standard InChI is InChI=1S/C21H31NO4S/c1-7-21(22(2)3,13-17-9-8-10-27-17)15-26-14-16-11-18(23-4)20(25-6)19(12-16)24-5/h8-12H,7,13-15H2,1-6H3. The molecule has 0 radical (unpaired) electrons. The summed E-state index contributed by atoms with van der Waals surface area (Å²) in [6.45, 7) is 3.35. The molecule has 0 aliphatic carbocycles. The highest BCUT2D eigenvalue weighted by Crippen LogP contribution is 2.38. The minimum absolute atomic E-state index is 0.0362. The second kappa shape index (κ2) is 9.97. The zero-order valence-corrected chi connectivity index (χ0v) is 18.0. The smallest absolute Gasteiger partial charge is 0.203 e. The molecule has 5 nitrogen and oxygen atoms in total. The van der Waals surface area contributed by atoms with Crippen LogP contribution in [0.2, 0.25) is 0 Å². The number of thiophene rings is 1. The van der Waals surface area contributed by atoms with Gasteiger partial charge < -0.3 is 23.8 Å². The van der Waals surface area contributed by atoms with Crippen molar-refractivity contribution in [3.63, 3.8) is 0 Å². The van der Waals surface area contributed by atoms with Crippen LogP contribution in [0.4, 0.5) is 0 Å². The van der Waals surface area contributed by atoms with Gasteiger partial charge >= 0.3 is 0 Å². The summed E-state index contributed by atoms with van der Waals surface area (Å²) in [5.41, 5.74) is 0.954. The van der Waals surface area contributed by atoms with Crippen molar-refractivity contribution in [2.24, 2.45) is 0 Å². The number of likely N-dealkylation sites (N-methyl/N-ethyl adjacent to an activating group) is 1. The molecule has 0 bridgehead atoms. The van der Waals surface area contributed by atoms with Gasteiger partial charge in [-0.05, 0) is 49.7 Å². The molecule has 1 unspecified atom stereocenters. The van der Waals surface area contributed by atoms with E-state index in [-0.39, 0.29) is 5.54 Å². The third-order valence-corrected chi connectivity index (χ3v) is 5.93. The Morgan fingerprint density at radius 2 is 1.70 bits per heavy atom. The molecule has 1 aromatic heterocycles. The van der Waals surface area contributed by atoms with E-state index >= 15 is 0 Å². The van der Waals surface area contributed by atoms with E-state index in [9.17, 15) is 0 Å². The Morgan fingerprint density at radius 3 is 2.15 bits per heavy atom. The maximum absolute atomic E-state index is 6.17. The Labute approximate surface area is 166 Å². The SMILES string of the molecule is CCC(COCc1cc(OC)c(OC)c(OC)c1)(Cc1cccs1)N(C)C. The van der Waals surface area contributed by atoms with Crippen LogP contribution in [0.3, 0.4) is 0 Å². The van der Waals surface area contributed by atoms with Crippen LogP contribution in [0.25, 0.3) is 0 Å². The second-order valence-electron chi connectivity index (χ2n) is 6.75. The Bertz CT molecular complexity index is 677. The van der Waals surface area contributed by atoms with Gasteiger partial charge in [0, 0.05) is 16.8 Å². The highest BCUT2D eigenvalue weighted by atomic mass is 32.1. The van der Waals surface area contributed by atoms with Gasteiger partial charge in [0.1, 0.15) is 0 Å². The van der Waals surface area contributed by atoms with E-state index < -0.39 is 0 Å². The Balaban J connectivity index is 2.12. The topological polar surface area (TPSA) is 40.2 Å². The molecule has 2 rings (SSSR count). The van der Waals surface area contributed by atoms with Crippen molar-refractivity contribution >= 4 is 11.3 Å².